The van der Waals surface area contributed by atoms with E-state index in [9.17, 15) is 0 Å². The average Bonchev–Trinajstić information content (AvgIpc) is 2.72. The van der Waals surface area contributed by atoms with Crippen molar-refractivity contribution < 1.29 is 4.42 Å². The number of hydrogen-bond acceptors (Lipinski definition) is 1. The van der Waals surface area contributed by atoms with Gasteiger partial charge in [-0.3, -0.25) is 0 Å². The molecule has 2 rings (SSSR count). The van der Waals surface area contributed by atoms with Crippen LogP contribution in [-0.4, -0.2) is 0 Å². The summed E-state index contributed by atoms with van der Waals surface area (Å²) in [6.45, 7) is 0. The molecule has 0 saturated heterocycles. The molecular formula is C13H10O. The van der Waals surface area contributed by atoms with Crippen molar-refractivity contribution in [2.24, 2.45) is 0 Å². The molecule has 1 aromatic carbocycles. The summed E-state index contributed by atoms with van der Waals surface area (Å²) in [4.78, 5) is 0. The van der Waals surface area contributed by atoms with Crippen LogP contribution in [-0.2, 0) is 6.42 Å². The summed E-state index contributed by atoms with van der Waals surface area (Å²) < 4.78 is 4.95. The van der Waals surface area contributed by atoms with E-state index < -0.39 is 0 Å². The van der Waals surface area contributed by atoms with Crippen molar-refractivity contribution in [2.45, 2.75) is 6.42 Å². The average molecular weight is 182 g/mol. The van der Waals surface area contributed by atoms with E-state index in [0.717, 1.165) is 17.5 Å². The van der Waals surface area contributed by atoms with Gasteiger partial charge in [0.25, 0.3) is 0 Å². The lowest BCUT2D eigenvalue weighted by atomic mass is 10.2. The van der Waals surface area contributed by atoms with E-state index in [1.807, 2.05) is 36.4 Å². The third-order valence-electron chi connectivity index (χ3n) is 1.88. The Morgan fingerprint density at radius 1 is 1.07 bits per heavy atom. The third-order valence-corrected chi connectivity index (χ3v) is 1.88. The van der Waals surface area contributed by atoms with Crippen molar-refractivity contribution in [3.63, 3.8) is 0 Å². The van der Waals surface area contributed by atoms with Gasteiger partial charge in [0.1, 0.15) is 0 Å². The molecule has 2 aromatic rings. The Morgan fingerprint density at radius 2 is 1.93 bits per heavy atom. The molecule has 1 nitrogen and oxygen atoms in total. The minimum Gasteiger partial charge on any atom is -0.472 e. The van der Waals surface area contributed by atoms with Gasteiger partial charge in [-0.25, -0.2) is 0 Å². The second kappa shape index (κ2) is 4.34. The number of benzene rings is 1. The summed E-state index contributed by atoms with van der Waals surface area (Å²) in [5.41, 5.74) is 2.17. The molecule has 0 aliphatic heterocycles. The monoisotopic (exact) mass is 182 g/mol. The van der Waals surface area contributed by atoms with Crippen molar-refractivity contribution in [3.8, 4) is 11.8 Å². The van der Waals surface area contributed by atoms with E-state index in [0.29, 0.717) is 0 Å². The van der Waals surface area contributed by atoms with Crippen molar-refractivity contribution in [1.82, 2.24) is 0 Å². The van der Waals surface area contributed by atoms with Crippen molar-refractivity contribution in [1.29, 1.82) is 0 Å². The molecule has 0 bridgehead atoms. The molecule has 0 unspecified atom stereocenters. The zero-order valence-electron chi connectivity index (χ0n) is 7.73. The fourth-order valence-electron chi connectivity index (χ4n) is 1.16. The second-order valence-corrected chi connectivity index (χ2v) is 2.98. The van der Waals surface area contributed by atoms with Gasteiger partial charge in [-0.2, -0.15) is 0 Å². The van der Waals surface area contributed by atoms with Gasteiger partial charge in [-0.1, -0.05) is 30.0 Å². The van der Waals surface area contributed by atoms with Crippen LogP contribution < -0.4 is 0 Å². The van der Waals surface area contributed by atoms with E-state index in [-0.39, 0.29) is 0 Å². The first-order valence-corrected chi connectivity index (χ1v) is 4.50. The molecule has 68 valence electrons. The quantitative estimate of drug-likeness (QED) is 0.618. The van der Waals surface area contributed by atoms with E-state index in [2.05, 4.69) is 11.8 Å². The largest absolute Gasteiger partial charge is 0.472 e. The number of rotatable bonds is 1. The Bertz CT molecular complexity index is 429. The van der Waals surface area contributed by atoms with Gasteiger partial charge < -0.3 is 4.42 Å². The van der Waals surface area contributed by atoms with Crippen LogP contribution >= 0.6 is 0 Å². The molecule has 0 amide bonds. The number of hydrogen-bond donors (Lipinski definition) is 0. The molecule has 14 heavy (non-hydrogen) atoms. The third kappa shape index (κ3) is 2.27. The van der Waals surface area contributed by atoms with Crippen LogP contribution in [0.2, 0.25) is 0 Å². The van der Waals surface area contributed by atoms with E-state index >= 15 is 0 Å². The van der Waals surface area contributed by atoms with Gasteiger partial charge in [0.2, 0.25) is 0 Å². The summed E-state index contributed by atoms with van der Waals surface area (Å²) in [7, 11) is 0. The highest BCUT2D eigenvalue weighted by atomic mass is 16.3. The summed E-state index contributed by atoms with van der Waals surface area (Å²) in [6, 6.07) is 11.9. The SMILES string of the molecule is C(#Cc1ccccc1)Cc1ccoc1. The van der Waals surface area contributed by atoms with Crippen LogP contribution in [0.5, 0.6) is 0 Å². The molecular weight excluding hydrogens is 172 g/mol. The standard InChI is InChI=1S/C13H10O/c1-2-5-12(6-3-1)7-4-8-13-9-10-14-11-13/h1-3,5-6,9-11H,8H2. The Hall–Kier alpha value is -1.94. The van der Waals surface area contributed by atoms with Crippen LogP contribution in [0.3, 0.4) is 0 Å². The Labute approximate surface area is 83.4 Å². The minimum atomic E-state index is 0.741. The molecule has 0 saturated carbocycles. The lowest BCUT2D eigenvalue weighted by Crippen LogP contribution is -1.76. The van der Waals surface area contributed by atoms with Gasteiger partial charge >= 0.3 is 0 Å². The van der Waals surface area contributed by atoms with Gasteiger partial charge in [-0.05, 0) is 18.2 Å². The fourth-order valence-corrected chi connectivity index (χ4v) is 1.16. The zero-order valence-corrected chi connectivity index (χ0v) is 7.73. The minimum absolute atomic E-state index is 0.741. The molecule has 0 radical (unpaired) electrons. The fraction of sp³-hybridized carbons (Fsp3) is 0.0769. The molecule has 0 N–H and O–H groups in total. The first-order valence-electron chi connectivity index (χ1n) is 4.50. The predicted octanol–water partition coefficient (Wildman–Crippen LogP) is 2.87. The van der Waals surface area contributed by atoms with Gasteiger partial charge in [0.15, 0.2) is 0 Å². The van der Waals surface area contributed by atoms with Crippen LogP contribution in [0.25, 0.3) is 0 Å². The molecule has 1 heterocycles. The van der Waals surface area contributed by atoms with E-state index in [4.69, 9.17) is 4.42 Å². The van der Waals surface area contributed by atoms with E-state index in [1.54, 1.807) is 12.5 Å². The molecule has 0 aliphatic carbocycles. The van der Waals surface area contributed by atoms with Crippen molar-refractivity contribution >= 4 is 0 Å². The lowest BCUT2D eigenvalue weighted by Gasteiger charge is -1.86. The highest BCUT2D eigenvalue weighted by Gasteiger charge is 1.88. The highest BCUT2D eigenvalue weighted by Crippen LogP contribution is 2.00. The Morgan fingerprint density at radius 3 is 2.64 bits per heavy atom. The first kappa shape index (κ1) is 8.65. The van der Waals surface area contributed by atoms with Gasteiger partial charge in [0, 0.05) is 17.5 Å². The van der Waals surface area contributed by atoms with Crippen LogP contribution in [0.4, 0.5) is 0 Å². The maximum atomic E-state index is 4.95. The number of furan rings is 1. The van der Waals surface area contributed by atoms with Crippen LogP contribution in [0.1, 0.15) is 11.1 Å². The van der Waals surface area contributed by atoms with Crippen LogP contribution in [0.15, 0.2) is 53.3 Å². The molecule has 0 atom stereocenters. The molecule has 0 fully saturated rings. The Balaban J connectivity index is 2.02. The van der Waals surface area contributed by atoms with Gasteiger partial charge in [0.05, 0.1) is 12.5 Å². The van der Waals surface area contributed by atoms with Crippen molar-refractivity contribution in [3.05, 3.63) is 60.1 Å². The smallest absolute Gasteiger partial charge is 0.0944 e. The lowest BCUT2D eigenvalue weighted by molar-refractivity contribution is 0.565. The summed E-state index contributed by atoms with van der Waals surface area (Å²) in [5, 5.41) is 0. The summed E-state index contributed by atoms with van der Waals surface area (Å²) >= 11 is 0. The summed E-state index contributed by atoms with van der Waals surface area (Å²) in [6.07, 6.45) is 4.13. The van der Waals surface area contributed by atoms with E-state index in [1.165, 1.54) is 0 Å². The van der Waals surface area contributed by atoms with Crippen LogP contribution in [0, 0.1) is 11.8 Å². The maximum absolute atomic E-state index is 4.95. The summed E-state index contributed by atoms with van der Waals surface area (Å²) in [5.74, 6) is 6.19. The predicted molar refractivity (Wildman–Crippen MR) is 55.7 cm³/mol. The van der Waals surface area contributed by atoms with Crippen molar-refractivity contribution in [2.75, 3.05) is 0 Å². The van der Waals surface area contributed by atoms with Gasteiger partial charge in [-0.15, -0.1) is 0 Å². The maximum Gasteiger partial charge on any atom is 0.0944 e. The zero-order chi connectivity index (χ0) is 9.64. The molecule has 1 aromatic heterocycles. The molecule has 0 aliphatic rings. The normalized spacial score (nSPS) is 9.14. The molecule has 0 spiro atoms. The Kier molecular flexibility index (Phi) is 2.68. The highest BCUT2D eigenvalue weighted by molar-refractivity contribution is 5.34. The second-order valence-electron chi connectivity index (χ2n) is 2.98. The topological polar surface area (TPSA) is 13.1 Å². The first-order chi connectivity index (χ1) is 6.95. The molecule has 1 heteroatoms.